The first kappa shape index (κ1) is 22.6. The third-order valence-electron chi connectivity index (χ3n) is 6.32. The fourth-order valence-corrected chi connectivity index (χ4v) is 4.50. The van der Waals surface area contributed by atoms with Crippen LogP contribution in [-0.4, -0.2) is 38.9 Å². The lowest BCUT2D eigenvalue weighted by Gasteiger charge is -2.19. The van der Waals surface area contributed by atoms with E-state index in [0.717, 1.165) is 25.1 Å². The summed E-state index contributed by atoms with van der Waals surface area (Å²) in [7, 11) is 1.52. The van der Waals surface area contributed by atoms with Crippen molar-refractivity contribution in [3.05, 3.63) is 83.4 Å². The summed E-state index contributed by atoms with van der Waals surface area (Å²) < 4.78 is 10.4. The Kier molecular flexibility index (Phi) is 6.43. The van der Waals surface area contributed by atoms with Gasteiger partial charge in [0.2, 0.25) is 0 Å². The molecule has 0 atom stereocenters. The second-order valence-electron chi connectivity index (χ2n) is 8.58. The normalized spacial score (nSPS) is 14.5. The molecule has 5 rings (SSSR count). The van der Waals surface area contributed by atoms with Gasteiger partial charge in [0, 0.05) is 37.1 Å². The van der Waals surface area contributed by atoms with Crippen LogP contribution in [0.5, 0.6) is 5.75 Å². The number of urea groups is 1. The number of nitrogens with one attached hydrogen (secondary N) is 2. The van der Waals surface area contributed by atoms with Gasteiger partial charge in [-0.15, -0.1) is 0 Å². The van der Waals surface area contributed by atoms with Gasteiger partial charge in [0.05, 0.1) is 19.3 Å². The zero-order chi connectivity index (χ0) is 24.2. The van der Waals surface area contributed by atoms with Crippen molar-refractivity contribution in [2.24, 2.45) is 0 Å². The van der Waals surface area contributed by atoms with Crippen LogP contribution >= 0.6 is 0 Å². The summed E-state index contributed by atoms with van der Waals surface area (Å²) in [5.74, 6) is 0.484. The lowest BCUT2D eigenvalue weighted by molar-refractivity contribution is 0.181. The zero-order valence-electron chi connectivity index (χ0n) is 19.6. The molecule has 0 radical (unpaired) electrons. The van der Waals surface area contributed by atoms with Crippen LogP contribution in [-0.2, 0) is 24.2 Å². The van der Waals surface area contributed by atoms with Crippen LogP contribution in [0.15, 0.2) is 66.7 Å². The second kappa shape index (κ2) is 9.97. The minimum atomic E-state index is -0.405. The van der Waals surface area contributed by atoms with Gasteiger partial charge in [0.15, 0.2) is 0 Å². The molecule has 35 heavy (non-hydrogen) atoms. The number of carbonyl (C=O) groups is 2. The van der Waals surface area contributed by atoms with Crippen molar-refractivity contribution in [2.75, 3.05) is 41.9 Å². The largest absolute Gasteiger partial charge is 0.494 e. The molecule has 2 heterocycles. The fraction of sp³-hybridized carbons (Fsp3) is 0.259. The number of anilines is 3. The first-order chi connectivity index (χ1) is 17.1. The monoisotopic (exact) mass is 472 g/mol. The third kappa shape index (κ3) is 5.01. The van der Waals surface area contributed by atoms with E-state index in [2.05, 4.69) is 51.9 Å². The summed E-state index contributed by atoms with van der Waals surface area (Å²) >= 11 is 0. The predicted octanol–water partition coefficient (Wildman–Crippen LogP) is 4.54. The van der Waals surface area contributed by atoms with Crippen LogP contribution in [0.2, 0.25) is 0 Å². The van der Waals surface area contributed by atoms with Gasteiger partial charge in [0.1, 0.15) is 12.4 Å². The van der Waals surface area contributed by atoms with Gasteiger partial charge in [0.25, 0.3) is 0 Å². The predicted molar refractivity (Wildman–Crippen MR) is 135 cm³/mol. The zero-order valence-corrected chi connectivity index (χ0v) is 19.6. The Balaban J connectivity index is 1.14. The van der Waals surface area contributed by atoms with E-state index < -0.39 is 6.09 Å². The Hall–Kier alpha value is -4.20. The standard InChI is InChI=1S/C27H28N4O4/c1-34-25-16-22(10-11-24(25)31-14-15-35-27(31)33)29-26(32)28-17-19-6-8-20(9-7-19)18-30-13-12-21-4-2-3-5-23(21)30/h2-11,16H,12-15,17-18H2,1H3,(H2,28,29,32). The van der Waals surface area contributed by atoms with E-state index in [-0.39, 0.29) is 6.03 Å². The van der Waals surface area contributed by atoms with Gasteiger partial charge < -0.3 is 25.0 Å². The van der Waals surface area contributed by atoms with Gasteiger partial charge in [-0.3, -0.25) is 4.90 Å². The number of ether oxygens (including phenoxy) is 2. The summed E-state index contributed by atoms with van der Waals surface area (Å²) in [6.45, 7) is 3.13. The molecule has 8 heteroatoms. The van der Waals surface area contributed by atoms with Crippen molar-refractivity contribution in [1.29, 1.82) is 0 Å². The second-order valence-corrected chi connectivity index (χ2v) is 8.58. The first-order valence-electron chi connectivity index (χ1n) is 11.7. The highest BCUT2D eigenvalue weighted by Gasteiger charge is 2.26. The smallest absolute Gasteiger partial charge is 0.414 e. The number of amides is 3. The van der Waals surface area contributed by atoms with Crippen molar-refractivity contribution in [3.8, 4) is 5.75 Å². The van der Waals surface area contributed by atoms with Crippen molar-refractivity contribution >= 4 is 29.2 Å². The van der Waals surface area contributed by atoms with Gasteiger partial charge in [-0.05, 0) is 41.3 Å². The molecular formula is C27H28N4O4. The highest BCUT2D eigenvalue weighted by Crippen LogP contribution is 2.33. The number of carbonyl (C=O) groups excluding carboxylic acids is 2. The molecule has 1 saturated heterocycles. The number of nitrogens with zero attached hydrogens (tertiary/aromatic N) is 2. The van der Waals surface area contributed by atoms with Gasteiger partial charge in [-0.1, -0.05) is 42.5 Å². The van der Waals surface area contributed by atoms with E-state index in [1.165, 1.54) is 28.8 Å². The van der Waals surface area contributed by atoms with E-state index in [1.54, 1.807) is 18.2 Å². The molecule has 2 aliphatic heterocycles. The first-order valence-corrected chi connectivity index (χ1v) is 11.7. The molecule has 0 spiro atoms. The maximum Gasteiger partial charge on any atom is 0.414 e. The molecule has 0 bridgehead atoms. The minimum absolute atomic E-state index is 0.321. The molecule has 0 unspecified atom stereocenters. The van der Waals surface area contributed by atoms with Crippen LogP contribution in [0.4, 0.5) is 26.7 Å². The van der Waals surface area contributed by atoms with Crippen molar-refractivity contribution < 1.29 is 19.1 Å². The van der Waals surface area contributed by atoms with Gasteiger partial charge >= 0.3 is 12.1 Å². The third-order valence-corrected chi connectivity index (χ3v) is 6.32. The van der Waals surface area contributed by atoms with E-state index in [9.17, 15) is 9.59 Å². The molecule has 2 N–H and O–H groups in total. The summed E-state index contributed by atoms with van der Waals surface area (Å²) in [4.78, 5) is 28.2. The van der Waals surface area contributed by atoms with Gasteiger partial charge in [-0.2, -0.15) is 0 Å². The quantitative estimate of drug-likeness (QED) is 0.528. The average Bonchev–Trinajstić information content (AvgIpc) is 3.49. The molecule has 3 aromatic rings. The number of rotatable bonds is 7. The summed E-state index contributed by atoms with van der Waals surface area (Å²) in [6, 6.07) is 21.7. The highest BCUT2D eigenvalue weighted by molar-refractivity contribution is 5.93. The molecule has 3 amide bonds. The highest BCUT2D eigenvalue weighted by atomic mass is 16.6. The molecular weight excluding hydrogens is 444 g/mol. The van der Waals surface area contributed by atoms with Crippen molar-refractivity contribution in [2.45, 2.75) is 19.5 Å². The Morgan fingerprint density at radius 1 is 1.00 bits per heavy atom. The Morgan fingerprint density at radius 3 is 2.57 bits per heavy atom. The lowest BCUT2D eigenvalue weighted by Crippen LogP contribution is -2.28. The number of hydrogen-bond acceptors (Lipinski definition) is 5. The summed E-state index contributed by atoms with van der Waals surface area (Å²) in [5.41, 5.74) is 6.16. The van der Waals surface area contributed by atoms with E-state index >= 15 is 0 Å². The molecule has 0 saturated carbocycles. The molecule has 0 aliphatic carbocycles. The van der Waals surface area contributed by atoms with Crippen LogP contribution in [0, 0.1) is 0 Å². The number of methoxy groups -OCH3 is 1. The summed E-state index contributed by atoms with van der Waals surface area (Å²) in [5, 5.41) is 5.70. The van der Waals surface area contributed by atoms with E-state index in [1.807, 2.05) is 12.1 Å². The number of benzene rings is 3. The molecule has 180 valence electrons. The minimum Gasteiger partial charge on any atom is -0.494 e. The SMILES string of the molecule is COc1cc(NC(=O)NCc2ccc(CN3CCc4ccccc43)cc2)ccc1N1CCOC1=O. The number of hydrogen-bond donors (Lipinski definition) is 2. The Bertz CT molecular complexity index is 1230. The Labute approximate surface area is 204 Å². The summed E-state index contributed by atoms with van der Waals surface area (Å²) in [6.07, 6.45) is 0.685. The maximum atomic E-state index is 12.4. The van der Waals surface area contributed by atoms with Crippen LogP contribution in [0.25, 0.3) is 0 Å². The van der Waals surface area contributed by atoms with Crippen LogP contribution in [0.1, 0.15) is 16.7 Å². The van der Waals surface area contributed by atoms with Gasteiger partial charge in [-0.25, -0.2) is 9.59 Å². The number of fused-ring (bicyclic) bond motifs is 1. The molecule has 3 aromatic carbocycles. The number of para-hydroxylation sites is 1. The lowest BCUT2D eigenvalue weighted by atomic mass is 10.1. The molecule has 0 aromatic heterocycles. The molecule has 8 nitrogen and oxygen atoms in total. The topological polar surface area (TPSA) is 83.1 Å². The van der Waals surface area contributed by atoms with Crippen molar-refractivity contribution in [3.63, 3.8) is 0 Å². The number of cyclic esters (lactones) is 1. The van der Waals surface area contributed by atoms with Crippen molar-refractivity contribution in [1.82, 2.24) is 5.32 Å². The van der Waals surface area contributed by atoms with Crippen LogP contribution < -0.4 is 25.2 Å². The molecule has 1 fully saturated rings. The van der Waals surface area contributed by atoms with Crippen LogP contribution in [0.3, 0.4) is 0 Å². The maximum absolute atomic E-state index is 12.4. The fourth-order valence-electron chi connectivity index (χ4n) is 4.50. The molecule has 2 aliphatic rings. The average molecular weight is 473 g/mol. The van der Waals surface area contributed by atoms with E-state index in [4.69, 9.17) is 9.47 Å². The Morgan fingerprint density at radius 2 is 1.80 bits per heavy atom. The van der Waals surface area contributed by atoms with E-state index in [0.29, 0.717) is 36.8 Å².